The van der Waals surface area contributed by atoms with Gasteiger partial charge in [-0.05, 0) is 62.1 Å². The van der Waals surface area contributed by atoms with Crippen molar-refractivity contribution in [3.05, 3.63) is 0 Å². The standard InChI is InChI=1S/C20H38N2Si/c1-5-22-17-13-9-8-12-16(17)18-14-10-6-7-11-15(14)20(19(18)22)23(3,4)21-2/h14-21H,5-13H2,1-4H3. The van der Waals surface area contributed by atoms with Crippen LogP contribution in [-0.4, -0.2) is 38.8 Å². The van der Waals surface area contributed by atoms with Crippen LogP contribution in [0.25, 0.3) is 0 Å². The third kappa shape index (κ3) is 2.40. The van der Waals surface area contributed by atoms with E-state index >= 15 is 0 Å². The van der Waals surface area contributed by atoms with Gasteiger partial charge in [-0.2, -0.15) is 0 Å². The second kappa shape index (κ2) is 6.14. The van der Waals surface area contributed by atoms with Gasteiger partial charge in [0.2, 0.25) is 0 Å². The highest BCUT2D eigenvalue weighted by molar-refractivity contribution is 6.76. The number of nitrogens with one attached hydrogen (secondary N) is 1. The summed E-state index contributed by atoms with van der Waals surface area (Å²) in [5, 5.41) is 0. The van der Waals surface area contributed by atoms with E-state index in [1.165, 1.54) is 45.1 Å². The fourth-order valence-electron chi connectivity index (χ4n) is 7.65. The Morgan fingerprint density at radius 2 is 1.52 bits per heavy atom. The van der Waals surface area contributed by atoms with Crippen molar-refractivity contribution in [1.29, 1.82) is 0 Å². The zero-order valence-electron chi connectivity index (χ0n) is 15.9. The fraction of sp³-hybridized carbons (Fsp3) is 1.00. The van der Waals surface area contributed by atoms with E-state index < -0.39 is 8.24 Å². The van der Waals surface area contributed by atoms with E-state index in [-0.39, 0.29) is 0 Å². The van der Waals surface area contributed by atoms with Crippen molar-refractivity contribution in [2.45, 2.75) is 89.0 Å². The monoisotopic (exact) mass is 334 g/mol. The number of likely N-dealkylation sites (tertiary alicyclic amines) is 1. The van der Waals surface area contributed by atoms with Crippen LogP contribution in [0.2, 0.25) is 18.6 Å². The Hall–Kier alpha value is 0.137. The molecule has 0 bridgehead atoms. The molecule has 4 fully saturated rings. The van der Waals surface area contributed by atoms with Gasteiger partial charge in [-0.25, -0.2) is 0 Å². The molecule has 0 aromatic carbocycles. The third-order valence-corrected chi connectivity index (χ3v) is 12.2. The largest absolute Gasteiger partial charge is 0.340 e. The maximum Gasteiger partial charge on any atom is 0.124 e. The van der Waals surface area contributed by atoms with Crippen LogP contribution in [0, 0.1) is 23.7 Å². The molecule has 0 aromatic rings. The first-order valence-electron chi connectivity index (χ1n) is 10.5. The van der Waals surface area contributed by atoms with Gasteiger partial charge in [-0.1, -0.05) is 52.1 Å². The molecule has 3 heteroatoms. The fourth-order valence-corrected chi connectivity index (χ4v) is 10.7. The van der Waals surface area contributed by atoms with Crippen LogP contribution in [0.5, 0.6) is 0 Å². The Morgan fingerprint density at radius 1 is 0.913 bits per heavy atom. The smallest absolute Gasteiger partial charge is 0.124 e. The lowest BCUT2D eigenvalue weighted by molar-refractivity contribution is 0.125. The average molecular weight is 335 g/mol. The van der Waals surface area contributed by atoms with Crippen LogP contribution >= 0.6 is 0 Å². The molecule has 132 valence electrons. The van der Waals surface area contributed by atoms with Gasteiger partial charge in [0.1, 0.15) is 8.24 Å². The van der Waals surface area contributed by atoms with Crippen molar-refractivity contribution in [1.82, 2.24) is 9.88 Å². The number of nitrogens with zero attached hydrogens (tertiary/aromatic N) is 1. The molecule has 7 atom stereocenters. The van der Waals surface area contributed by atoms with Crippen LogP contribution in [0.4, 0.5) is 0 Å². The third-order valence-electron chi connectivity index (χ3n) is 8.52. The summed E-state index contributed by atoms with van der Waals surface area (Å²) >= 11 is 0. The van der Waals surface area contributed by atoms with Gasteiger partial charge in [0.05, 0.1) is 0 Å². The molecule has 3 saturated carbocycles. The lowest BCUT2D eigenvalue weighted by atomic mass is 9.70. The minimum Gasteiger partial charge on any atom is -0.340 e. The molecule has 7 unspecified atom stereocenters. The molecule has 4 aliphatic rings. The molecule has 1 heterocycles. The maximum atomic E-state index is 3.87. The quantitative estimate of drug-likeness (QED) is 0.766. The summed E-state index contributed by atoms with van der Waals surface area (Å²) in [6.45, 7) is 9.00. The molecule has 23 heavy (non-hydrogen) atoms. The highest BCUT2D eigenvalue weighted by Gasteiger charge is 2.64. The maximum absolute atomic E-state index is 3.87. The summed E-state index contributed by atoms with van der Waals surface area (Å²) in [6, 6.07) is 1.87. The van der Waals surface area contributed by atoms with E-state index in [0.717, 1.165) is 41.3 Å². The Balaban J connectivity index is 1.74. The number of hydrogen-bond acceptors (Lipinski definition) is 2. The summed E-state index contributed by atoms with van der Waals surface area (Å²) < 4.78 is 0. The Bertz CT molecular complexity index is 437. The molecular weight excluding hydrogens is 296 g/mol. The van der Waals surface area contributed by atoms with Crippen LogP contribution in [0.3, 0.4) is 0 Å². The van der Waals surface area contributed by atoms with Gasteiger partial charge in [0.15, 0.2) is 0 Å². The zero-order chi connectivity index (χ0) is 16.2. The predicted octanol–water partition coefficient (Wildman–Crippen LogP) is 4.48. The number of fused-ring (bicyclic) bond motifs is 5. The highest BCUT2D eigenvalue weighted by Crippen LogP contribution is 2.64. The van der Waals surface area contributed by atoms with Gasteiger partial charge < -0.3 is 4.98 Å². The molecule has 1 N–H and O–H groups in total. The van der Waals surface area contributed by atoms with Crippen molar-refractivity contribution in [2.75, 3.05) is 13.6 Å². The summed E-state index contributed by atoms with van der Waals surface area (Å²) in [5.41, 5.74) is 0.994. The first-order valence-corrected chi connectivity index (χ1v) is 13.6. The van der Waals surface area contributed by atoms with Gasteiger partial charge in [-0.15, -0.1) is 0 Å². The summed E-state index contributed by atoms with van der Waals surface area (Å²) in [6.07, 6.45) is 12.1. The van der Waals surface area contributed by atoms with Crippen LogP contribution in [-0.2, 0) is 0 Å². The Kier molecular flexibility index (Phi) is 4.43. The molecule has 0 radical (unpaired) electrons. The van der Waals surface area contributed by atoms with E-state index in [4.69, 9.17) is 0 Å². The number of hydrogen-bond donors (Lipinski definition) is 1. The number of rotatable bonds is 3. The second-order valence-corrected chi connectivity index (χ2v) is 14.1. The molecule has 0 amide bonds. The highest BCUT2D eigenvalue weighted by atomic mass is 28.3. The Morgan fingerprint density at radius 3 is 2.17 bits per heavy atom. The molecule has 0 spiro atoms. The van der Waals surface area contributed by atoms with E-state index in [9.17, 15) is 0 Å². The van der Waals surface area contributed by atoms with E-state index in [0.29, 0.717) is 0 Å². The van der Waals surface area contributed by atoms with E-state index in [1.54, 1.807) is 12.8 Å². The SMILES string of the molecule is CCN1C2CCCCC2C2C3CCCCC3C([Si](C)(C)NC)C21. The van der Waals surface area contributed by atoms with Gasteiger partial charge in [-0.3, -0.25) is 4.90 Å². The molecule has 1 saturated heterocycles. The van der Waals surface area contributed by atoms with Crippen molar-refractivity contribution >= 4 is 8.24 Å². The van der Waals surface area contributed by atoms with Crippen LogP contribution in [0.15, 0.2) is 0 Å². The van der Waals surface area contributed by atoms with Crippen molar-refractivity contribution in [3.8, 4) is 0 Å². The van der Waals surface area contributed by atoms with Gasteiger partial charge >= 0.3 is 0 Å². The molecular formula is C20H38N2Si. The molecule has 4 rings (SSSR count). The van der Waals surface area contributed by atoms with Crippen molar-refractivity contribution in [2.24, 2.45) is 23.7 Å². The average Bonchev–Trinajstić information content (AvgIpc) is 3.07. The minimum absolute atomic E-state index is 0.926. The summed E-state index contributed by atoms with van der Waals surface area (Å²) in [5.74, 6) is 4.22. The van der Waals surface area contributed by atoms with Crippen molar-refractivity contribution < 1.29 is 0 Å². The summed E-state index contributed by atoms with van der Waals surface area (Å²) in [4.78, 5) is 6.90. The van der Waals surface area contributed by atoms with Gasteiger partial charge in [0, 0.05) is 12.1 Å². The minimum atomic E-state index is -1.35. The summed E-state index contributed by atoms with van der Waals surface area (Å²) in [7, 11) is 0.907. The second-order valence-electron chi connectivity index (χ2n) is 9.52. The van der Waals surface area contributed by atoms with Crippen LogP contribution < -0.4 is 4.98 Å². The van der Waals surface area contributed by atoms with E-state index in [1.807, 2.05) is 0 Å². The predicted molar refractivity (Wildman–Crippen MR) is 101 cm³/mol. The molecule has 3 aliphatic carbocycles. The first kappa shape index (κ1) is 16.6. The Labute approximate surface area is 144 Å². The lowest BCUT2D eigenvalue weighted by Crippen LogP contribution is -2.55. The molecule has 2 nitrogen and oxygen atoms in total. The van der Waals surface area contributed by atoms with Crippen molar-refractivity contribution in [3.63, 3.8) is 0 Å². The van der Waals surface area contributed by atoms with Gasteiger partial charge in [0.25, 0.3) is 0 Å². The molecule has 1 aliphatic heterocycles. The topological polar surface area (TPSA) is 15.3 Å². The lowest BCUT2D eigenvalue weighted by Gasteiger charge is -2.44. The molecule has 0 aromatic heterocycles. The van der Waals surface area contributed by atoms with E-state index in [2.05, 4.69) is 36.9 Å². The zero-order valence-corrected chi connectivity index (χ0v) is 16.9. The van der Waals surface area contributed by atoms with Crippen LogP contribution in [0.1, 0.15) is 58.3 Å². The first-order chi connectivity index (χ1) is 11.1. The normalized spacial score (nSPS) is 47.2.